The summed E-state index contributed by atoms with van der Waals surface area (Å²) >= 11 is 1.43. The Bertz CT molecular complexity index is 1610. The third-order valence-corrected chi connectivity index (χ3v) is 12.7. The van der Waals surface area contributed by atoms with Gasteiger partial charge in [0.15, 0.2) is 5.82 Å². The van der Waals surface area contributed by atoms with Crippen molar-refractivity contribution in [2.45, 2.75) is 96.9 Å². The Morgan fingerprint density at radius 3 is 2.14 bits per heavy atom. The summed E-state index contributed by atoms with van der Waals surface area (Å²) in [4.78, 5) is 53.2. The van der Waals surface area contributed by atoms with E-state index in [4.69, 9.17) is 9.97 Å². The summed E-state index contributed by atoms with van der Waals surface area (Å²) in [6.07, 6.45) is 15.0. The molecule has 10 heteroatoms. The Hall–Kier alpha value is -3.79. The summed E-state index contributed by atoms with van der Waals surface area (Å²) in [7, 11) is 0. The number of carboxylic acids is 1. The molecule has 1 aromatic carbocycles. The number of thiophene rings is 1. The lowest BCUT2D eigenvalue weighted by atomic mass is 9.72. The van der Waals surface area contributed by atoms with E-state index in [2.05, 4.69) is 37.9 Å². The van der Waals surface area contributed by atoms with E-state index in [1.165, 1.54) is 67.6 Å². The molecule has 1 atom stereocenters. The highest BCUT2D eigenvalue weighted by atomic mass is 32.1. The number of carboxylic acid groups (broad SMARTS) is 1. The van der Waals surface area contributed by atoms with Crippen LogP contribution in [0.25, 0.3) is 11.4 Å². The molecular formula is C40H53N5O4S. The van der Waals surface area contributed by atoms with Crippen molar-refractivity contribution in [2.75, 3.05) is 31.1 Å². The molecule has 4 heterocycles. The zero-order chi connectivity index (χ0) is 35.4. The van der Waals surface area contributed by atoms with E-state index in [0.717, 1.165) is 52.5 Å². The van der Waals surface area contributed by atoms with Crippen molar-refractivity contribution >= 4 is 34.8 Å². The molecule has 0 radical (unpaired) electrons. The van der Waals surface area contributed by atoms with Gasteiger partial charge in [0.05, 0.1) is 28.9 Å². The molecule has 0 bridgehead atoms. The Morgan fingerprint density at radius 2 is 1.56 bits per heavy atom. The van der Waals surface area contributed by atoms with Crippen molar-refractivity contribution in [2.24, 2.45) is 23.7 Å². The van der Waals surface area contributed by atoms with Crippen molar-refractivity contribution in [3.8, 4) is 11.4 Å². The van der Waals surface area contributed by atoms with Crippen LogP contribution in [0, 0.1) is 23.7 Å². The molecule has 2 N–H and O–H groups in total. The second-order valence-electron chi connectivity index (χ2n) is 15.8. The second-order valence-corrected chi connectivity index (χ2v) is 16.9. The van der Waals surface area contributed by atoms with E-state index in [-0.39, 0.29) is 36.7 Å². The summed E-state index contributed by atoms with van der Waals surface area (Å²) in [5, 5.41) is 12.3. The standard InChI is InChI=1S/C40H53N5O4S/c1-5-6-26-7-11-28(12-8-26)29-17-19-44(20-18-29)32-22-41-36(42-23-32)30-13-9-27(10-14-30)21-33(38(47)45-24-31(25-45)39(48)49)43-37(46)34-15-16-35(50-34)40(2,3)4/h9-10,13-16,22-23,26,28-29,31,33H,5-8,11-12,17-21,24-25H2,1-4H3,(H,43,46)(H,48,49)/t26-,28-,33-/m0/s1. The minimum atomic E-state index is -0.909. The minimum absolute atomic E-state index is 0.0858. The highest BCUT2D eigenvalue weighted by Gasteiger charge is 2.39. The summed E-state index contributed by atoms with van der Waals surface area (Å²) in [5.41, 5.74) is 2.74. The molecule has 50 heavy (non-hydrogen) atoms. The van der Waals surface area contributed by atoms with E-state index in [1.807, 2.05) is 42.7 Å². The van der Waals surface area contributed by atoms with Crippen LogP contribution in [0.5, 0.6) is 0 Å². The smallest absolute Gasteiger partial charge is 0.310 e. The van der Waals surface area contributed by atoms with Gasteiger partial charge in [-0.15, -0.1) is 11.3 Å². The Kier molecular flexibility index (Phi) is 11.3. The lowest BCUT2D eigenvalue weighted by molar-refractivity contribution is -0.153. The van der Waals surface area contributed by atoms with Crippen LogP contribution in [-0.2, 0) is 21.4 Å². The van der Waals surface area contributed by atoms with E-state index in [1.54, 1.807) is 6.07 Å². The highest BCUT2D eigenvalue weighted by Crippen LogP contribution is 2.40. The fourth-order valence-corrected chi connectivity index (χ4v) is 8.94. The SMILES string of the molecule is CCC[C@H]1CC[C@H](C2CCN(c3cnc(-c4ccc(C[C@H](NC(=O)c5ccc(C(C)(C)C)s5)C(=O)N5CC(C(=O)O)C5)cc4)nc3)CC2)CC1. The average Bonchev–Trinajstić information content (AvgIpc) is 3.60. The number of benzene rings is 1. The molecule has 0 unspecified atom stereocenters. The zero-order valence-electron chi connectivity index (χ0n) is 30.1. The number of nitrogens with one attached hydrogen (secondary N) is 1. The highest BCUT2D eigenvalue weighted by molar-refractivity contribution is 7.14. The number of carbonyl (C=O) groups excluding carboxylic acids is 2. The number of hydrogen-bond donors (Lipinski definition) is 2. The van der Waals surface area contributed by atoms with Gasteiger partial charge in [-0.3, -0.25) is 14.4 Å². The summed E-state index contributed by atoms with van der Waals surface area (Å²) < 4.78 is 0. The quantitative estimate of drug-likeness (QED) is 0.217. The first-order valence-electron chi connectivity index (χ1n) is 18.6. The molecule has 3 fully saturated rings. The number of aromatic nitrogens is 2. The lowest BCUT2D eigenvalue weighted by Crippen LogP contribution is -2.59. The van der Waals surface area contributed by atoms with Gasteiger partial charge >= 0.3 is 5.97 Å². The maximum atomic E-state index is 13.5. The van der Waals surface area contributed by atoms with Crippen LogP contribution in [0.1, 0.15) is 99.2 Å². The molecule has 1 aliphatic carbocycles. The number of carbonyl (C=O) groups is 3. The van der Waals surface area contributed by atoms with Gasteiger partial charge in [-0.2, -0.15) is 0 Å². The predicted octanol–water partition coefficient (Wildman–Crippen LogP) is 7.21. The maximum absolute atomic E-state index is 13.5. The van der Waals surface area contributed by atoms with Crippen molar-refractivity contribution in [1.82, 2.24) is 20.2 Å². The van der Waals surface area contributed by atoms with Crippen molar-refractivity contribution in [3.63, 3.8) is 0 Å². The van der Waals surface area contributed by atoms with Gasteiger partial charge in [-0.1, -0.05) is 77.6 Å². The molecule has 6 rings (SSSR count). The topological polar surface area (TPSA) is 116 Å². The van der Waals surface area contributed by atoms with Crippen LogP contribution in [-0.4, -0.2) is 70.0 Å². The third kappa shape index (κ3) is 8.56. The van der Waals surface area contributed by atoms with E-state index in [9.17, 15) is 19.5 Å². The number of hydrogen-bond acceptors (Lipinski definition) is 7. The van der Waals surface area contributed by atoms with Crippen LogP contribution >= 0.6 is 11.3 Å². The van der Waals surface area contributed by atoms with Crippen molar-refractivity contribution in [3.05, 3.63) is 64.1 Å². The van der Waals surface area contributed by atoms with Gasteiger partial charge in [0.2, 0.25) is 5.91 Å². The maximum Gasteiger partial charge on any atom is 0.310 e. The Balaban J connectivity index is 1.06. The Labute approximate surface area is 300 Å². The fraction of sp³-hybridized carbons (Fsp3) is 0.575. The molecule has 3 aromatic rings. The second kappa shape index (κ2) is 15.6. The molecule has 2 aromatic heterocycles. The zero-order valence-corrected chi connectivity index (χ0v) is 30.9. The first kappa shape index (κ1) is 36.0. The van der Waals surface area contributed by atoms with Gasteiger partial charge in [0, 0.05) is 43.0 Å². The molecule has 1 saturated carbocycles. The third-order valence-electron chi connectivity index (χ3n) is 11.2. The van der Waals surface area contributed by atoms with Crippen molar-refractivity contribution in [1.29, 1.82) is 0 Å². The molecule has 2 saturated heterocycles. The van der Waals surface area contributed by atoms with Gasteiger partial charge in [0.1, 0.15) is 6.04 Å². The molecule has 268 valence electrons. The first-order valence-corrected chi connectivity index (χ1v) is 19.4. The predicted molar refractivity (Wildman–Crippen MR) is 198 cm³/mol. The number of nitrogens with zero attached hydrogens (tertiary/aromatic N) is 4. The van der Waals surface area contributed by atoms with Crippen LogP contribution in [0.15, 0.2) is 48.8 Å². The lowest BCUT2D eigenvalue weighted by Gasteiger charge is -2.39. The largest absolute Gasteiger partial charge is 0.481 e. The van der Waals surface area contributed by atoms with E-state index in [0.29, 0.717) is 10.7 Å². The first-order chi connectivity index (χ1) is 24.0. The van der Waals surface area contributed by atoms with Crippen LogP contribution in [0.2, 0.25) is 0 Å². The number of aliphatic carboxylic acids is 1. The van der Waals surface area contributed by atoms with E-state index < -0.39 is 17.9 Å². The molecular weight excluding hydrogens is 647 g/mol. The monoisotopic (exact) mass is 699 g/mol. The van der Waals surface area contributed by atoms with E-state index >= 15 is 0 Å². The van der Waals surface area contributed by atoms with Crippen LogP contribution in [0.4, 0.5) is 5.69 Å². The van der Waals surface area contributed by atoms with Crippen LogP contribution in [0.3, 0.4) is 0 Å². The molecule has 0 spiro atoms. The number of likely N-dealkylation sites (tertiary alicyclic amines) is 1. The van der Waals surface area contributed by atoms with Gasteiger partial charge < -0.3 is 20.2 Å². The Morgan fingerprint density at radius 1 is 0.920 bits per heavy atom. The molecule has 2 amide bonds. The molecule has 3 aliphatic rings. The van der Waals surface area contributed by atoms with Gasteiger partial charge in [0.25, 0.3) is 5.91 Å². The minimum Gasteiger partial charge on any atom is -0.481 e. The van der Waals surface area contributed by atoms with Gasteiger partial charge in [-0.25, -0.2) is 9.97 Å². The average molecular weight is 700 g/mol. The number of amides is 2. The molecule has 9 nitrogen and oxygen atoms in total. The summed E-state index contributed by atoms with van der Waals surface area (Å²) in [6.45, 7) is 11.0. The number of rotatable bonds is 11. The number of piperidine rings is 1. The normalized spacial score (nSPS) is 21.0. The summed E-state index contributed by atoms with van der Waals surface area (Å²) in [5.74, 6) is 1.30. The van der Waals surface area contributed by atoms with Crippen molar-refractivity contribution < 1.29 is 19.5 Å². The number of anilines is 1. The summed E-state index contributed by atoms with van der Waals surface area (Å²) in [6, 6.07) is 10.7. The van der Waals surface area contributed by atoms with Crippen LogP contribution < -0.4 is 10.2 Å². The van der Waals surface area contributed by atoms with Gasteiger partial charge in [-0.05, 0) is 66.5 Å². The fourth-order valence-electron chi connectivity index (χ4n) is 7.97. The molecule has 2 aliphatic heterocycles.